The van der Waals surface area contributed by atoms with Crippen LogP contribution in [0.3, 0.4) is 0 Å². The number of phenols is 1. The first-order chi connectivity index (χ1) is 18.3. The van der Waals surface area contributed by atoms with Gasteiger partial charge in [-0.25, -0.2) is 4.79 Å². The van der Waals surface area contributed by atoms with Crippen LogP contribution in [0.5, 0.6) is 5.75 Å². The number of rotatable bonds is 8. The number of aromatic carboxylic acids is 1. The molecule has 4 aromatic carbocycles. The van der Waals surface area contributed by atoms with E-state index in [1.165, 1.54) is 19.1 Å². The Balaban J connectivity index is 1.66. The fourth-order valence-corrected chi connectivity index (χ4v) is 4.11. The molecule has 0 atom stereocenters. The Morgan fingerprint density at radius 2 is 1.61 bits per heavy atom. The van der Waals surface area contributed by atoms with Gasteiger partial charge in [-0.3, -0.25) is 15.1 Å². The van der Waals surface area contributed by atoms with Crippen LogP contribution in [0.4, 0.5) is 17.1 Å². The molecule has 0 saturated heterocycles. The maximum absolute atomic E-state index is 12.7. The van der Waals surface area contributed by atoms with Gasteiger partial charge in [0.15, 0.2) is 0 Å². The number of nitrogens with one attached hydrogen (secondary N) is 1. The smallest absolute Gasteiger partial charge is 0.335 e. The van der Waals surface area contributed by atoms with Gasteiger partial charge in [0.2, 0.25) is 5.91 Å². The van der Waals surface area contributed by atoms with Crippen LogP contribution < -0.4 is 10.3 Å². The minimum absolute atomic E-state index is 0.0748. The molecule has 8 heteroatoms. The van der Waals surface area contributed by atoms with Crippen molar-refractivity contribution in [3.05, 3.63) is 108 Å². The fourth-order valence-electron chi connectivity index (χ4n) is 4.11. The molecular weight excluding hydrogens is 482 g/mol. The van der Waals surface area contributed by atoms with Gasteiger partial charge in [0.1, 0.15) is 5.75 Å². The predicted molar refractivity (Wildman–Crippen MR) is 148 cm³/mol. The van der Waals surface area contributed by atoms with E-state index < -0.39 is 5.97 Å². The maximum atomic E-state index is 12.7. The van der Waals surface area contributed by atoms with Crippen molar-refractivity contribution in [1.82, 2.24) is 0 Å². The van der Waals surface area contributed by atoms with Gasteiger partial charge in [-0.2, -0.15) is 5.10 Å². The molecule has 0 unspecified atom stereocenters. The fraction of sp³-hybridized carbons (Fsp3) is 0.100. The lowest BCUT2D eigenvalue weighted by Gasteiger charge is -2.24. The molecular formula is C30H27N3O5. The Hall–Kier alpha value is -4.95. The Morgan fingerprint density at radius 3 is 2.29 bits per heavy atom. The SMILES string of the molecule is CC(=O)N(c1ccc(CO)cc1)c1ccccc1/C(C)=N/Nc1cccc(-c2cccc(C(=O)O)c2)c1O. The highest BCUT2D eigenvalue weighted by atomic mass is 16.4. The molecule has 0 fully saturated rings. The van der Waals surface area contributed by atoms with E-state index in [-0.39, 0.29) is 23.8 Å². The van der Waals surface area contributed by atoms with E-state index in [1.54, 1.807) is 66.4 Å². The second-order valence-corrected chi connectivity index (χ2v) is 8.59. The number of aliphatic hydroxyl groups is 1. The largest absolute Gasteiger partial charge is 0.505 e. The highest BCUT2D eigenvalue weighted by molar-refractivity contribution is 6.09. The summed E-state index contributed by atoms with van der Waals surface area (Å²) in [6.45, 7) is 3.17. The van der Waals surface area contributed by atoms with Crippen LogP contribution in [0.2, 0.25) is 0 Å². The molecule has 4 N–H and O–H groups in total. The van der Waals surface area contributed by atoms with E-state index in [0.717, 1.165) is 5.56 Å². The summed E-state index contributed by atoms with van der Waals surface area (Å²) in [5.41, 5.74) is 7.65. The van der Waals surface area contributed by atoms with E-state index in [2.05, 4.69) is 10.5 Å². The number of carboxylic acid groups (broad SMARTS) is 1. The Labute approximate surface area is 220 Å². The van der Waals surface area contributed by atoms with Gasteiger partial charge in [0.25, 0.3) is 0 Å². The third kappa shape index (κ3) is 5.55. The lowest BCUT2D eigenvalue weighted by Crippen LogP contribution is -2.24. The number of anilines is 3. The number of aliphatic hydroxyl groups excluding tert-OH is 1. The molecule has 0 aliphatic carbocycles. The third-order valence-corrected chi connectivity index (χ3v) is 6.03. The number of amides is 1. The van der Waals surface area contributed by atoms with Crippen molar-refractivity contribution < 1.29 is 24.9 Å². The molecule has 0 radical (unpaired) electrons. The van der Waals surface area contributed by atoms with E-state index in [1.807, 2.05) is 24.3 Å². The van der Waals surface area contributed by atoms with E-state index >= 15 is 0 Å². The highest BCUT2D eigenvalue weighted by Gasteiger charge is 2.19. The van der Waals surface area contributed by atoms with Gasteiger partial charge in [0.05, 0.1) is 29.3 Å². The second kappa shape index (κ2) is 11.4. The number of carboxylic acids is 1. The molecule has 192 valence electrons. The number of para-hydroxylation sites is 2. The van der Waals surface area contributed by atoms with E-state index in [9.17, 15) is 24.9 Å². The molecule has 0 bridgehead atoms. The number of nitrogens with zero attached hydrogens (tertiary/aromatic N) is 2. The minimum Gasteiger partial charge on any atom is -0.505 e. The number of phenolic OH excluding ortho intramolecular Hbond substituents is 1. The summed E-state index contributed by atoms with van der Waals surface area (Å²) in [5.74, 6) is -1.32. The monoisotopic (exact) mass is 509 g/mol. The van der Waals surface area contributed by atoms with Crippen LogP contribution in [-0.2, 0) is 11.4 Å². The summed E-state index contributed by atoms with van der Waals surface area (Å²) >= 11 is 0. The number of hydrogen-bond acceptors (Lipinski definition) is 6. The van der Waals surface area contributed by atoms with E-state index in [4.69, 9.17) is 0 Å². The molecule has 4 aromatic rings. The Bertz CT molecular complexity index is 1510. The molecule has 4 rings (SSSR count). The maximum Gasteiger partial charge on any atom is 0.335 e. The number of carbonyl (C=O) groups excluding carboxylic acids is 1. The first-order valence-corrected chi connectivity index (χ1v) is 11.9. The zero-order valence-electron chi connectivity index (χ0n) is 20.9. The van der Waals surface area contributed by atoms with Crippen molar-refractivity contribution in [2.75, 3.05) is 10.3 Å². The first kappa shape index (κ1) is 26.1. The Kier molecular flexibility index (Phi) is 7.84. The van der Waals surface area contributed by atoms with Crippen molar-refractivity contribution >= 4 is 34.7 Å². The average molecular weight is 510 g/mol. The van der Waals surface area contributed by atoms with Crippen LogP contribution in [0, 0.1) is 0 Å². The lowest BCUT2D eigenvalue weighted by molar-refractivity contribution is -0.115. The average Bonchev–Trinajstić information content (AvgIpc) is 2.93. The van der Waals surface area contributed by atoms with E-state index in [0.29, 0.717) is 39.5 Å². The molecule has 0 heterocycles. The van der Waals surface area contributed by atoms with Gasteiger partial charge in [-0.05, 0) is 54.4 Å². The summed E-state index contributed by atoms with van der Waals surface area (Å²) in [4.78, 5) is 25.6. The van der Waals surface area contributed by atoms with Gasteiger partial charge < -0.3 is 15.3 Å². The zero-order valence-corrected chi connectivity index (χ0v) is 20.9. The summed E-state index contributed by atoms with van der Waals surface area (Å²) in [7, 11) is 0. The Morgan fingerprint density at radius 1 is 0.895 bits per heavy atom. The molecule has 0 saturated carbocycles. The highest BCUT2D eigenvalue weighted by Crippen LogP contribution is 2.36. The number of hydrazone groups is 1. The summed E-state index contributed by atoms with van der Waals surface area (Å²) in [6, 6.07) is 25.8. The summed E-state index contributed by atoms with van der Waals surface area (Å²) < 4.78 is 0. The number of benzene rings is 4. The van der Waals surface area contributed by atoms with Crippen molar-refractivity contribution in [3.63, 3.8) is 0 Å². The van der Waals surface area contributed by atoms with Crippen LogP contribution in [-0.4, -0.2) is 32.9 Å². The predicted octanol–water partition coefficient (Wildman–Crippen LogP) is 5.77. The van der Waals surface area contributed by atoms with Crippen LogP contribution in [0.25, 0.3) is 11.1 Å². The van der Waals surface area contributed by atoms with Gasteiger partial charge >= 0.3 is 5.97 Å². The summed E-state index contributed by atoms with van der Waals surface area (Å²) in [5, 5.41) is 34.0. The lowest BCUT2D eigenvalue weighted by atomic mass is 10.0. The molecule has 0 spiro atoms. The molecule has 0 aliphatic heterocycles. The van der Waals surface area contributed by atoms with Gasteiger partial charge in [-0.1, -0.05) is 54.6 Å². The van der Waals surface area contributed by atoms with Crippen molar-refractivity contribution in [2.24, 2.45) is 5.10 Å². The number of carbonyl (C=O) groups is 2. The minimum atomic E-state index is -1.05. The topological polar surface area (TPSA) is 122 Å². The van der Waals surface area contributed by atoms with Crippen LogP contribution in [0.15, 0.2) is 96.1 Å². The molecule has 8 nitrogen and oxygen atoms in total. The van der Waals surface area contributed by atoms with Crippen LogP contribution in [0.1, 0.15) is 35.3 Å². The molecule has 1 amide bonds. The summed E-state index contributed by atoms with van der Waals surface area (Å²) in [6.07, 6.45) is 0. The van der Waals surface area contributed by atoms with Crippen molar-refractivity contribution in [3.8, 4) is 16.9 Å². The molecule has 0 aromatic heterocycles. The normalized spacial score (nSPS) is 11.2. The van der Waals surface area contributed by atoms with Gasteiger partial charge in [0, 0.05) is 23.7 Å². The number of aromatic hydroxyl groups is 1. The zero-order chi connectivity index (χ0) is 27.2. The standard InChI is InChI=1S/C30H27N3O5/c1-19(25-9-3-4-12-28(25)33(20(2)35)24-15-13-21(18-34)14-16-24)31-32-27-11-6-10-26(29(27)36)22-7-5-8-23(17-22)30(37)38/h3-17,32,34,36H,18H2,1-2H3,(H,37,38)/b31-19+. The quantitative estimate of drug-likeness (QED) is 0.136. The van der Waals surface area contributed by atoms with Gasteiger partial charge in [-0.15, -0.1) is 0 Å². The van der Waals surface area contributed by atoms with Crippen LogP contribution >= 0.6 is 0 Å². The van der Waals surface area contributed by atoms with Crippen molar-refractivity contribution in [2.45, 2.75) is 20.5 Å². The first-order valence-electron chi connectivity index (χ1n) is 11.9. The number of hydrogen-bond donors (Lipinski definition) is 4. The molecule has 38 heavy (non-hydrogen) atoms. The molecule has 0 aliphatic rings. The third-order valence-electron chi connectivity index (χ3n) is 6.03. The second-order valence-electron chi connectivity index (χ2n) is 8.59. The van der Waals surface area contributed by atoms with Crippen molar-refractivity contribution in [1.29, 1.82) is 0 Å².